The lowest BCUT2D eigenvalue weighted by Crippen LogP contribution is -2.00. The maximum Gasteiger partial charge on any atom is 0.164 e. The van der Waals surface area contributed by atoms with Crippen LogP contribution < -0.4 is 0 Å². The Morgan fingerprint density at radius 1 is 0.449 bits per heavy atom. The molecule has 10 rings (SSSR count). The molecule has 0 radical (unpaired) electrons. The van der Waals surface area contributed by atoms with E-state index in [9.17, 15) is 0 Å². The Morgan fingerprint density at radius 2 is 1.08 bits per heavy atom. The Balaban J connectivity index is 1.18. The van der Waals surface area contributed by atoms with Crippen LogP contribution in [0.25, 0.3) is 94.4 Å². The molecular formula is C43H25ClN4O. The molecule has 0 saturated carbocycles. The standard InChI is InChI=1S/C43H25ClN4O/c44-30-19-15-26-18-22-38-40(35(26)25-30)34-21-17-29(24-39(34)49-38)43-46-41(27-9-3-1-4-10-27)45-42(47-43)28-16-20-33-32-13-7-8-14-36(32)48(37(33)23-28)31-11-5-2-6-12-31/h1-25H. The molecule has 7 aromatic carbocycles. The Bertz CT molecular complexity index is 2890. The van der Waals surface area contributed by atoms with Crippen LogP contribution in [0.2, 0.25) is 5.02 Å². The molecule has 0 unspecified atom stereocenters. The molecule has 3 heterocycles. The fourth-order valence-electron chi connectivity index (χ4n) is 7.02. The van der Waals surface area contributed by atoms with Crippen LogP contribution in [0.15, 0.2) is 156 Å². The van der Waals surface area contributed by atoms with Gasteiger partial charge in [-0.05, 0) is 65.4 Å². The predicted octanol–water partition coefficient (Wildman–Crippen LogP) is 11.7. The van der Waals surface area contributed by atoms with Gasteiger partial charge in [-0.1, -0.05) is 109 Å². The normalized spacial score (nSPS) is 11.8. The molecule has 0 spiro atoms. The molecule has 0 saturated heterocycles. The molecule has 0 aliphatic heterocycles. The molecule has 6 heteroatoms. The van der Waals surface area contributed by atoms with Crippen molar-refractivity contribution in [3.8, 4) is 39.9 Å². The van der Waals surface area contributed by atoms with Gasteiger partial charge in [-0.2, -0.15) is 0 Å². The molecule has 0 N–H and O–H groups in total. The molecule has 0 aliphatic carbocycles. The average molecular weight is 649 g/mol. The summed E-state index contributed by atoms with van der Waals surface area (Å²) in [6.07, 6.45) is 0. The summed E-state index contributed by atoms with van der Waals surface area (Å²) in [5.41, 5.74) is 7.57. The zero-order valence-corrected chi connectivity index (χ0v) is 26.8. The van der Waals surface area contributed by atoms with Crippen molar-refractivity contribution < 1.29 is 4.42 Å². The number of benzene rings is 7. The van der Waals surface area contributed by atoms with Crippen LogP contribution in [0.3, 0.4) is 0 Å². The van der Waals surface area contributed by atoms with Crippen LogP contribution in [0, 0.1) is 0 Å². The minimum Gasteiger partial charge on any atom is -0.456 e. The van der Waals surface area contributed by atoms with Gasteiger partial charge in [0.05, 0.1) is 11.0 Å². The van der Waals surface area contributed by atoms with Crippen LogP contribution in [0.1, 0.15) is 0 Å². The Hall–Kier alpha value is -6.30. The van der Waals surface area contributed by atoms with Crippen molar-refractivity contribution in [1.82, 2.24) is 19.5 Å². The summed E-state index contributed by atoms with van der Waals surface area (Å²) in [5, 5.41) is 7.30. The fraction of sp³-hybridized carbons (Fsp3) is 0. The van der Waals surface area contributed by atoms with E-state index >= 15 is 0 Å². The lowest BCUT2D eigenvalue weighted by Gasteiger charge is -2.10. The van der Waals surface area contributed by atoms with E-state index in [0.717, 1.165) is 66.1 Å². The van der Waals surface area contributed by atoms with Crippen molar-refractivity contribution >= 4 is 66.1 Å². The van der Waals surface area contributed by atoms with E-state index in [2.05, 4.69) is 89.5 Å². The van der Waals surface area contributed by atoms with Gasteiger partial charge in [0, 0.05) is 48.9 Å². The molecule has 0 amide bonds. The second-order valence-electron chi connectivity index (χ2n) is 12.2. The van der Waals surface area contributed by atoms with Gasteiger partial charge >= 0.3 is 0 Å². The summed E-state index contributed by atoms with van der Waals surface area (Å²) in [6, 6.07) is 51.7. The molecule has 230 valence electrons. The lowest BCUT2D eigenvalue weighted by molar-refractivity contribution is 0.669. The van der Waals surface area contributed by atoms with E-state index in [4.69, 9.17) is 31.0 Å². The molecule has 3 aromatic heterocycles. The summed E-state index contributed by atoms with van der Waals surface area (Å²) in [6.45, 7) is 0. The maximum absolute atomic E-state index is 6.41. The molecule has 0 fully saturated rings. The summed E-state index contributed by atoms with van der Waals surface area (Å²) in [5.74, 6) is 1.78. The second-order valence-corrected chi connectivity index (χ2v) is 12.6. The first-order valence-corrected chi connectivity index (χ1v) is 16.5. The number of furan rings is 1. The van der Waals surface area contributed by atoms with E-state index in [-0.39, 0.29) is 0 Å². The molecular weight excluding hydrogens is 624 g/mol. The predicted molar refractivity (Wildman–Crippen MR) is 200 cm³/mol. The first-order chi connectivity index (χ1) is 24.2. The smallest absolute Gasteiger partial charge is 0.164 e. The maximum atomic E-state index is 6.41. The summed E-state index contributed by atoms with van der Waals surface area (Å²) < 4.78 is 8.71. The Labute approximate surface area is 285 Å². The van der Waals surface area contributed by atoms with Crippen LogP contribution >= 0.6 is 11.6 Å². The third-order valence-electron chi connectivity index (χ3n) is 9.29. The third-order valence-corrected chi connectivity index (χ3v) is 9.52. The van der Waals surface area contributed by atoms with Crippen LogP contribution in [0.5, 0.6) is 0 Å². The van der Waals surface area contributed by atoms with Gasteiger partial charge in [0.1, 0.15) is 11.2 Å². The highest BCUT2D eigenvalue weighted by molar-refractivity contribution is 6.32. The summed E-state index contributed by atoms with van der Waals surface area (Å²) in [7, 11) is 0. The number of hydrogen-bond acceptors (Lipinski definition) is 4. The topological polar surface area (TPSA) is 56.7 Å². The highest BCUT2D eigenvalue weighted by atomic mass is 35.5. The van der Waals surface area contributed by atoms with E-state index < -0.39 is 0 Å². The Kier molecular flexibility index (Phi) is 6.16. The van der Waals surface area contributed by atoms with Gasteiger partial charge in [-0.15, -0.1) is 0 Å². The van der Waals surface area contributed by atoms with Crippen LogP contribution in [-0.4, -0.2) is 19.5 Å². The summed E-state index contributed by atoms with van der Waals surface area (Å²) in [4.78, 5) is 15.1. The zero-order valence-electron chi connectivity index (χ0n) is 26.0. The number of rotatable bonds is 4. The molecule has 0 bridgehead atoms. The van der Waals surface area contributed by atoms with E-state index in [0.29, 0.717) is 22.5 Å². The minimum absolute atomic E-state index is 0.572. The SMILES string of the molecule is Clc1ccc2ccc3oc4cc(-c5nc(-c6ccccc6)nc(-c6ccc7c8ccccc8n(-c8ccccc8)c7c6)n5)ccc4c3c2c1. The lowest BCUT2D eigenvalue weighted by atomic mass is 10.0. The van der Waals surface area contributed by atoms with Crippen molar-refractivity contribution in [1.29, 1.82) is 0 Å². The number of halogens is 1. The van der Waals surface area contributed by atoms with E-state index in [1.807, 2.05) is 66.7 Å². The van der Waals surface area contributed by atoms with Crippen LogP contribution in [0.4, 0.5) is 0 Å². The minimum atomic E-state index is 0.572. The molecule has 49 heavy (non-hydrogen) atoms. The summed E-state index contributed by atoms with van der Waals surface area (Å²) >= 11 is 6.41. The first-order valence-electron chi connectivity index (χ1n) is 16.1. The largest absolute Gasteiger partial charge is 0.456 e. The monoisotopic (exact) mass is 648 g/mol. The van der Waals surface area contributed by atoms with Gasteiger partial charge in [0.15, 0.2) is 17.5 Å². The highest BCUT2D eigenvalue weighted by Gasteiger charge is 2.18. The molecule has 0 aliphatic rings. The average Bonchev–Trinajstić information content (AvgIpc) is 3.70. The number of fused-ring (bicyclic) bond motifs is 8. The molecule has 0 atom stereocenters. The van der Waals surface area contributed by atoms with Crippen LogP contribution in [-0.2, 0) is 0 Å². The van der Waals surface area contributed by atoms with Crippen molar-refractivity contribution in [2.45, 2.75) is 0 Å². The number of nitrogens with zero attached hydrogens (tertiary/aromatic N) is 4. The van der Waals surface area contributed by atoms with Gasteiger partial charge in [-0.25, -0.2) is 15.0 Å². The quantitative estimate of drug-likeness (QED) is 0.190. The van der Waals surface area contributed by atoms with Gasteiger partial charge < -0.3 is 8.98 Å². The number of para-hydroxylation sites is 2. The Morgan fingerprint density at radius 3 is 1.88 bits per heavy atom. The zero-order chi connectivity index (χ0) is 32.5. The third kappa shape index (κ3) is 4.51. The van der Waals surface area contributed by atoms with E-state index in [1.165, 1.54) is 10.8 Å². The molecule has 10 aromatic rings. The van der Waals surface area contributed by atoms with Crippen molar-refractivity contribution in [3.63, 3.8) is 0 Å². The van der Waals surface area contributed by atoms with Gasteiger partial charge in [-0.3, -0.25) is 0 Å². The van der Waals surface area contributed by atoms with Gasteiger partial charge in [0.25, 0.3) is 0 Å². The van der Waals surface area contributed by atoms with Gasteiger partial charge in [0.2, 0.25) is 0 Å². The van der Waals surface area contributed by atoms with Crippen molar-refractivity contribution in [3.05, 3.63) is 157 Å². The second kappa shape index (κ2) is 10.9. The van der Waals surface area contributed by atoms with Crippen molar-refractivity contribution in [2.75, 3.05) is 0 Å². The van der Waals surface area contributed by atoms with Crippen molar-refractivity contribution in [2.24, 2.45) is 0 Å². The number of aromatic nitrogens is 4. The highest BCUT2D eigenvalue weighted by Crippen LogP contribution is 2.38. The fourth-order valence-corrected chi connectivity index (χ4v) is 7.19. The first kappa shape index (κ1) is 27.8. The number of hydrogen-bond donors (Lipinski definition) is 0. The van der Waals surface area contributed by atoms with E-state index in [1.54, 1.807) is 0 Å². The molecule has 5 nitrogen and oxygen atoms in total.